The van der Waals surface area contributed by atoms with Crippen LogP contribution in [0.1, 0.15) is 39.0 Å². The Hall–Kier alpha value is -0.610. The van der Waals surface area contributed by atoms with Crippen LogP contribution in [0, 0.1) is 0 Å². The van der Waals surface area contributed by atoms with Crippen LogP contribution >= 0.6 is 0 Å². The fourth-order valence-corrected chi connectivity index (χ4v) is 1.47. The number of aliphatic hydroxyl groups is 1. The third-order valence-corrected chi connectivity index (χ3v) is 2.36. The van der Waals surface area contributed by atoms with E-state index in [2.05, 4.69) is 11.8 Å². The maximum atomic E-state index is 10.3. The lowest BCUT2D eigenvalue weighted by Crippen LogP contribution is -2.29. The zero-order chi connectivity index (χ0) is 11.5. The molecule has 0 aliphatic heterocycles. The van der Waals surface area contributed by atoms with E-state index in [4.69, 9.17) is 10.2 Å². The topological polar surface area (TPSA) is 60.8 Å². The highest BCUT2D eigenvalue weighted by Gasteiger charge is 2.03. The van der Waals surface area contributed by atoms with Crippen LogP contribution in [-0.4, -0.2) is 47.3 Å². The summed E-state index contributed by atoms with van der Waals surface area (Å²) in [5.74, 6) is -0.725. The largest absolute Gasteiger partial charge is 0.481 e. The number of hydrogen-bond donors (Lipinski definition) is 2. The zero-order valence-corrected chi connectivity index (χ0v) is 9.61. The van der Waals surface area contributed by atoms with Gasteiger partial charge >= 0.3 is 5.97 Å². The van der Waals surface area contributed by atoms with Crippen molar-refractivity contribution in [3.8, 4) is 0 Å². The molecule has 4 heteroatoms. The number of unbranched alkanes of at least 4 members (excludes halogenated alkanes) is 2. The molecular formula is C11H23NO3. The number of carbonyl (C=O) groups is 1. The van der Waals surface area contributed by atoms with Crippen molar-refractivity contribution in [1.82, 2.24) is 4.90 Å². The number of rotatable bonds is 10. The molecule has 0 radical (unpaired) electrons. The Balaban J connectivity index is 3.51. The van der Waals surface area contributed by atoms with Gasteiger partial charge in [0, 0.05) is 13.0 Å². The van der Waals surface area contributed by atoms with Crippen molar-refractivity contribution in [2.45, 2.75) is 39.0 Å². The second kappa shape index (κ2) is 9.93. The first-order valence-electron chi connectivity index (χ1n) is 5.75. The Morgan fingerprint density at radius 1 is 1.13 bits per heavy atom. The molecule has 15 heavy (non-hydrogen) atoms. The summed E-state index contributed by atoms with van der Waals surface area (Å²) in [5.41, 5.74) is 0. The normalized spacial score (nSPS) is 10.9. The first kappa shape index (κ1) is 14.4. The fraction of sp³-hybridized carbons (Fsp3) is 0.909. The summed E-state index contributed by atoms with van der Waals surface area (Å²) in [6.07, 6.45) is 4.16. The number of aliphatic hydroxyl groups excluding tert-OH is 1. The highest BCUT2D eigenvalue weighted by molar-refractivity contribution is 5.66. The van der Waals surface area contributed by atoms with Crippen molar-refractivity contribution < 1.29 is 15.0 Å². The van der Waals surface area contributed by atoms with Gasteiger partial charge in [-0.15, -0.1) is 0 Å². The molecule has 2 N–H and O–H groups in total. The number of carboxylic acid groups (broad SMARTS) is 1. The maximum Gasteiger partial charge on any atom is 0.303 e. The van der Waals surface area contributed by atoms with E-state index < -0.39 is 5.97 Å². The third kappa shape index (κ3) is 9.69. The number of hydrogen-bond acceptors (Lipinski definition) is 3. The van der Waals surface area contributed by atoms with Gasteiger partial charge in [-0.05, 0) is 32.4 Å². The fourth-order valence-electron chi connectivity index (χ4n) is 1.47. The first-order chi connectivity index (χ1) is 7.20. The van der Waals surface area contributed by atoms with Gasteiger partial charge < -0.3 is 15.1 Å². The van der Waals surface area contributed by atoms with Crippen molar-refractivity contribution in [2.75, 3.05) is 26.2 Å². The third-order valence-electron chi connectivity index (χ3n) is 2.36. The molecule has 4 nitrogen and oxygen atoms in total. The minimum atomic E-state index is -0.725. The van der Waals surface area contributed by atoms with Gasteiger partial charge in [-0.2, -0.15) is 0 Å². The Morgan fingerprint density at radius 2 is 1.80 bits per heavy atom. The summed E-state index contributed by atoms with van der Waals surface area (Å²) in [4.78, 5) is 12.5. The van der Waals surface area contributed by atoms with Crippen LogP contribution in [0.15, 0.2) is 0 Å². The van der Waals surface area contributed by atoms with Crippen LogP contribution in [0.4, 0.5) is 0 Å². The van der Waals surface area contributed by atoms with Crippen molar-refractivity contribution in [1.29, 1.82) is 0 Å². The van der Waals surface area contributed by atoms with E-state index in [0.717, 1.165) is 38.8 Å². The minimum Gasteiger partial charge on any atom is -0.481 e. The van der Waals surface area contributed by atoms with E-state index in [1.165, 1.54) is 0 Å². The lowest BCUT2D eigenvalue weighted by Gasteiger charge is -2.20. The predicted molar refractivity (Wildman–Crippen MR) is 59.9 cm³/mol. The van der Waals surface area contributed by atoms with Crippen LogP contribution in [0.3, 0.4) is 0 Å². The zero-order valence-electron chi connectivity index (χ0n) is 9.61. The maximum absolute atomic E-state index is 10.3. The van der Waals surface area contributed by atoms with E-state index >= 15 is 0 Å². The summed E-state index contributed by atoms with van der Waals surface area (Å²) < 4.78 is 0. The van der Waals surface area contributed by atoms with Gasteiger partial charge in [0.1, 0.15) is 0 Å². The predicted octanol–water partition coefficient (Wildman–Crippen LogP) is 1.34. The lowest BCUT2D eigenvalue weighted by atomic mass is 10.2. The Kier molecular flexibility index (Phi) is 9.52. The SMILES string of the molecule is CCCCN(CCO)CCCCC(=O)O. The van der Waals surface area contributed by atoms with Gasteiger partial charge in [0.15, 0.2) is 0 Å². The molecule has 0 saturated heterocycles. The Labute approximate surface area is 91.9 Å². The highest BCUT2D eigenvalue weighted by atomic mass is 16.4. The minimum absolute atomic E-state index is 0.183. The van der Waals surface area contributed by atoms with Crippen molar-refractivity contribution >= 4 is 5.97 Å². The van der Waals surface area contributed by atoms with Crippen molar-refractivity contribution in [3.63, 3.8) is 0 Å². The van der Waals surface area contributed by atoms with Crippen LogP contribution in [0.25, 0.3) is 0 Å². The molecule has 90 valence electrons. The molecule has 0 bridgehead atoms. The summed E-state index contributed by atoms with van der Waals surface area (Å²) in [6.45, 7) is 4.93. The van der Waals surface area contributed by atoms with E-state index in [0.29, 0.717) is 6.54 Å². The molecule has 0 aliphatic rings. The standard InChI is InChI=1S/C11H23NO3/c1-2-3-7-12(9-10-13)8-5-4-6-11(14)15/h13H,2-10H2,1H3,(H,14,15). The Morgan fingerprint density at radius 3 is 2.33 bits per heavy atom. The molecule has 0 aromatic rings. The average molecular weight is 217 g/mol. The number of aliphatic carboxylic acids is 1. The van der Waals surface area contributed by atoms with E-state index in [1.807, 2.05) is 0 Å². The monoisotopic (exact) mass is 217 g/mol. The van der Waals surface area contributed by atoms with Crippen molar-refractivity contribution in [2.24, 2.45) is 0 Å². The van der Waals surface area contributed by atoms with Crippen LogP contribution < -0.4 is 0 Å². The molecule has 0 heterocycles. The van der Waals surface area contributed by atoms with Gasteiger partial charge in [0.2, 0.25) is 0 Å². The second-order valence-corrected chi connectivity index (χ2v) is 3.77. The second-order valence-electron chi connectivity index (χ2n) is 3.77. The van der Waals surface area contributed by atoms with E-state index in [9.17, 15) is 4.79 Å². The van der Waals surface area contributed by atoms with Crippen LogP contribution in [0.5, 0.6) is 0 Å². The molecule has 0 atom stereocenters. The van der Waals surface area contributed by atoms with Gasteiger partial charge in [-0.25, -0.2) is 0 Å². The molecule has 0 unspecified atom stereocenters. The molecule has 0 fully saturated rings. The average Bonchev–Trinajstić information content (AvgIpc) is 2.20. The van der Waals surface area contributed by atoms with Crippen LogP contribution in [0.2, 0.25) is 0 Å². The summed E-state index contributed by atoms with van der Waals surface area (Å²) in [7, 11) is 0. The smallest absolute Gasteiger partial charge is 0.303 e. The first-order valence-corrected chi connectivity index (χ1v) is 5.75. The Bertz CT molecular complexity index is 162. The molecule has 0 aliphatic carbocycles. The summed E-state index contributed by atoms with van der Waals surface area (Å²) in [6, 6.07) is 0. The molecule has 0 rings (SSSR count). The molecular weight excluding hydrogens is 194 g/mol. The van der Waals surface area contributed by atoms with Gasteiger partial charge in [0.25, 0.3) is 0 Å². The molecule has 0 spiro atoms. The summed E-state index contributed by atoms with van der Waals surface area (Å²) in [5, 5.41) is 17.3. The van der Waals surface area contributed by atoms with E-state index in [-0.39, 0.29) is 13.0 Å². The highest BCUT2D eigenvalue weighted by Crippen LogP contribution is 2.01. The quantitative estimate of drug-likeness (QED) is 0.542. The lowest BCUT2D eigenvalue weighted by molar-refractivity contribution is -0.137. The van der Waals surface area contributed by atoms with Crippen LogP contribution in [-0.2, 0) is 4.79 Å². The molecule has 0 amide bonds. The van der Waals surface area contributed by atoms with E-state index in [1.54, 1.807) is 0 Å². The van der Waals surface area contributed by atoms with Gasteiger partial charge in [-0.1, -0.05) is 13.3 Å². The molecule has 0 aromatic heterocycles. The summed E-state index contributed by atoms with van der Waals surface area (Å²) >= 11 is 0. The number of nitrogens with zero attached hydrogens (tertiary/aromatic N) is 1. The van der Waals surface area contributed by atoms with Crippen molar-refractivity contribution in [3.05, 3.63) is 0 Å². The number of carboxylic acids is 1. The van der Waals surface area contributed by atoms with Gasteiger partial charge in [0.05, 0.1) is 6.61 Å². The molecule has 0 aromatic carbocycles. The molecule has 0 saturated carbocycles. The van der Waals surface area contributed by atoms with Gasteiger partial charge in [-0.3, -0.25) is 4.79 Å².